The molecule has 2 aromatic rings. The summed E-state index contributed by atoms with van der Waals surface area (Å²) in [6.45, 7) is 4.10. The summed E-state index contributed by atoms with van der Waals surface area (Å²) in [4.78, 5) is 12.1. The third-order valence-corrected chi connectivity index (χ3v) is 4.13. The molecule has 1 nitrogen and oxygen atoms in total. The van der Waals surface area contributed by atoms with Crippen molar-refractivity contribution in [1.29, 1.82) is 0 Å². The van der Waals surface area contributed by atoms with Gasteiger partial charge < -0.3 is 0 Å². The lowest BCUT2D eigenvalue weighted by atomic mass is 9.96. The zero-order valence-electron chi connectivity index (χ0n) is 11.5. The van der Waals surface area contributed by atoms with Gasteiger partial charge in [0.25, 0.3) is 0 Å². The third kappa shape index (κ3) is 3.34. The maximum atomic E-state index is 13.4. The molecular weight excluding hydrogens is 319 g/mol. The van der Waals surface area contributed by atoms with Crippen LogP contribution in [-0.4, -0.2) is 5.78 Å². The summed E-state index contributed by atoms with van der Waals surface area (Å²) in [6, 6.07) is 10.6. The molecule has 0 heterocycles. The zero-order valence-corrected chi connectivity index (χ0v) is 13.1. The van der Waals surface area contributed by atoms with Gasteiger partial charge in [-0.2, -0.15) is 0 Å². The Hall–Kier alpha value is -1.48. The van der Waals surface area contributed by atoms with E-state index < -0.39 is 5.82 Å². The molecule has 0 aromatic heterocycles. The largest absolute Gasteiger partial charge is 0.294 e. The van der Waals surface area contributed by atoms with E-state index >= 15 is 0 Å². The maximum Gasteiger partial charge on any atom is 0.163 e. The van der Waals surface area contributed by atoms with Gasteiger partial charge >= 0.3 is 0 Å². The van der Waals surface area contributed by atoms with E-state index in [1.54, 1.807) is 12.1 Å². The maximum absolute atomic E-state index is 13.4. The topological polar surface area (TPSA) is 17.1 Å². The van der Waals surface area contributed by atoms with Crippen LogP contribution in [0.2, 0.25) is 0 Å². The molecule has 0 N–H and O–H groups in total. The van der Waals surface area contributed by atoms with Crippen LogP contribution in [0.1, 0.15) is 33.5 Å². The molecule has 2 aromatic carbocycles. The Kier molecular flexibility index (Phi) is 4.71. The minimum Gasteiger partial charge on any atom is -0.294 e. The van der Waals surface area contributed by atoms with Gasteiger partial charge in [-0.15, -0.1) is 0 Å². The summed E-state index contributed by atoms with van der Waals surface area (Å²) in [5.41, 5.74) is 4.02. The standard InChI is InChI=1S/C17H16BrFO/c1-11-4-3-5-12(2)14(11)7-9-17(20)13-6-8-15(18)16(19)10-13/h3-6,8,10H,7,9H2,1-2H3. The van der Waals surface area contributed by atoms with Crippen molar-refractivity contribution in [2.24, 2.45) is 0 Å². The minimum atomic E-state index is -0.400. The second-order valence-electron chi connectivity index (χ2n) is 4.92. The van der Waals surface area contributed by atoms with E-state index in [-0.39, 0.29) is 5.78 Å². The second kappa shape index (κ2) is 6.31. The van der Waals surface area contributed by atoms with Crippen LogP contribution in [0.25, 0.3) is 0 Å². The van der Waals surface area contributed by atoms with Crippen LogP contribution >= 0.6 is 15.9 Å². The van der Waals surface area contributed by atoms with Gasteiger partial charge in [0.1, 0.15) is 5.82 Å². The Balaban J connectivity index is 2.11. The van der Waals surface area contributed by atoms with Crippen molar-refractivity contribution in [2.45, 2.75) is 26.7 Å². The number of carbonyl (C=O) groups excluding carboxylic acids is 1. The highest BCUT2D eigenvalue weighted by molar-refractivity contribution is 9.10. The van der Waals surface area contributed by atoms with E-state index in [4.69, 9.17) is 0 Å². The first-order valence-corrected chi connectivity index (χ1v) is 7.31. The van der Waals surface area contributed by atoms with Gasteiger partial charge in [-0.25, -0.2) is 4.39 Å². The number of rotatable bonds is 4. The first kappa shape index (κ1) is 14.9. The molecule has 0 aliphatic heterocycles. The Labute approximate surface area is 127 Å². The van der Waals surface area contributed by atoms with Crippen LogP contribution < -0.4 is 0 Å². The van der Waals surface area contributed by atoms with Gasteiger partial charge in [0.05, 0.1) is 4.47 Å². The normalized spacial score (nSPS) is 10.6. The Morgan fingerprint density at radius 1 is 1.15 bits per heavy atom. The summed E-state index contributed by atoms with van der Waals surface area (Å²) in [7, 11) is 0. The lowest BCUT2D eigenvalue weighted by Gasteiger charge is -2.09. The lowest BCUT2D eigenvalue weighted by molar-refractivity contribution is 0.0982. The van der Waals surface area contributed by atoms with Gasteiger partial charge in [0.15, 0.2) is 5.78 Å². The highest BCUT2D eigenvalue weighted by Crippen LogP contribution is 2.19. The van der Waals surface area contributed by atoms with Gasteiger partial charge in [-0.05, 0) is 65.0 Å². The molecule has 0 fully saturated rings. The summed E-state index contributed by atoms with van der Waals surface area (Å²) in [6.07, 6.45) is 1.09. The zero-order chi connectivity index (χ0) is 14.7. The number of hydrogen-bond donors (Lipinski definition) is 0. The van der Waals surface area contributed by atoms with Crippen molar-refractivity contribution >= 4 is 21.7 Å². The molecule has 104 valence electrons. The first-order chi connectivity index (χ1) is 9.49. The van der Waals surface area contributed by atoms with Crippen LogP contribution in [0.5, 0.6) is 0 Å². The highest BCUT2D eigenvalue weighted by atomic mass is 79.9. The Bertz CT molecular complexity index is 629. The number of benzene rings is 2. The van der Waals surface area contributed by atoms with E-state index in [1.165, 1.54) is 22.8 Å². The molecule has 3 heteroatoms. The fourth-order valence-corrected chi connectivity index (χ4v) is 2.54. The molecule has 0 saturated carbocycles. The molecule has 0 radical (unpaired) electrons. The number of halogens is 2. The van der Waals surface area contributed by atoms with Crippen molar-refractivity contribution in [3.05, 3.63) is 68.9 Å². The molecule has 0 aliphatic carbocycles. The summed E-state index contributed by atoms with van der Waals surface area (Å²) >= 11 is 3.09. The Morgan fingerprint density at radius 2 is 1.80 bits per heavy atom. The van der Waals surface area contributed by atoms with Crippen molar-refractivity contribution in [3.63, 3.8) is 0 Å². The van der Waals surface area contributed by atoms with Gasteiger partial charge in [-0.1, -0.05) is 24.3 Å². The van der Waals surface area contributed by atoms with Crippen LogP contribution in [0.15, 0.2) is 40.9 Å². The van der Waals surface area contributed by atoms with E-state index in [9.17, 15) is 9.18 Å². The molecule has 20 heavy (non-hydrogen) atoms. The van der Waals surface area contributed by atoms with Crippen molar-refractivity contribution in [1.82, 2.24) is 0 Å². The SMILES string of the molecule is Cc1cccc(C)c1CCC(=O)c1ccc(Br)c(F)c1. The molecule has 0 aliphatic rings. The van der Waals surface area contributed by atoms with Crippen molar-refractivity contribution in [2.75, 3.05) is 0 Å². The lowest BCUT2D eigenvalue weighted by Crippen LogP contribution is -2.04. The van der Waals surface area contributed by atoms with Gasteiger partial charge in [0, 0.05) is 12.0 Å². The van der Waals surface area contributed by atoms with E-state index in [0.717, 1.165) is 0 Å². The van der Waals surface area contributed by atoms with E-state index in [1.807, 2.05) is 32.0 Å². The molecule has 2 rings (SSSR count). The number of ketones is 1. The van der Waals surface area contributed by atoms with Crippen LogP contribution in [0.4, 0.5) is 4.39 Å². The van der Waals surface area contributed by atoms with Crippen molar-refractivity contribution in [3.8, 4) is 0 Å². The van der Waals surface area contributed by atoms with Gasteiger partial charge in [0.2, 0.25) is 0 Å². The van der Waals surface area contributed by atoms with E-state index in [0.29, 0.717) is 22.9 Å². The van der Waals surface area contributed by atoms with Crippen LogP contribution in [-0.2, 0) is 6.42 Å². The number of aryl methyl sites for hydroxylation is 2. The smallest absolute Gasteiger partial charge is 0.163 e. The molecule has 0 atom stereocenters. The fraction of sp³-hybridized carbons (Fsp3) is 0.235. The highest BCUT2D eigenvalue weighted by Gasteiger charge is 2.10. The van der Waals surface area contributed by atoms with Crippen molar-refractivity contribution < 1.29 is 9.18 Å². The summed E-state index contributed by atoms with van der Waals surface area (Å²) in [5, 5.41) is 0. The average molecular weight is 335 g/mol. The predicted molar refractivity (Wildman–Crippen MR) is 82.7 cm³/mol. The predicted octanol–water partition coefficient (Wildman–Crippen LogP) is 5.02. The number of Topliss-reactive ketones (excluding diaryl/α,β-unsaturated/α-hetero) is 1. The average Bonchev–Trinajstić information content (AvgIpc) is 2.41. The molecule has 0 amide bonds. The molecule has 0 saturated heterocycles. The fourth-order valence-electron chi connectivity index (χ4n) is 2.30. The minimum absolute atomic E-state index is 0.0287. The number of carbonyl (C=O) groups is 1. The second-order valence-corrected chi connectivity index (χ2v) is 5.78. The summed E-state index contributed by atoms with van der Waals surface area (Å²) in [5.74, 6) is -0.429. The van der Waals surface area contributed by atoms with Crippen LogP contribution in [0.3, 0.4) is 0 Å². The third-order valence-electron chi connectivity index (χ3n) is 3.49. The summed E-state index contributed by atoms with van der Waals surface area (Å²) < 4.78 is 13.8. The van der Waals surface area contributed by atoms with E-state index in [2.05, 4.69) is 15.9 Å². The van der Waals surface area contributed by atoms with Crippen LogP contribution in [0, 0.1) is 19.7 Å². The molecule has 0 unspecified atom stereocenters. The molecule has 0 spiro atoms. The quantitative estimate of drug-likeness (QED) is 0.717. The Morgan fingerprint density at radius 3 is 2.40 bits per heavy atom. The first-order valence-electron chi connectivity index (χ1n) is 6.52. The number of hydrogen-bond acceptors (Lipinski definition) is 1. The van der Waals surface area contributed by atoms with Gasteiger partial charge in [-0.3, -0.25) is 4.79 Å². The molecule has 0 bridgehead atoms. The monoisotopic (exact) mass is 334 g/mol. The molecular formula is C17H16BrFO.